The minimum atomic E-state index is -0.479. The Bertz CT molecular complexity index is 5780. The first-order valence-electron chi connectivity index (χ1n) is 35.9. The average Bonchev–Trinajstić information content (AvgIpc) is 1.52. The summed E-state index contributed by atoms with van der Waals surface area (Å²) in [6.45, 7) is 17.1. The summed E-state index contributed by atoms with van der Waals surface area (Å²) in [4.78, 5) is 5.13. The fraction of sp³-hybridized carbons (Fsp3) is 0.143. The van der Waals surface area contributed by atoms with Crippen molar-refractivity contribution >= 4 is 34.1 Å². The van der Waals surface area contributed by atoms with E-state index in [2.05, 4.69) is 368 Å². The van der Waals surface area contributed by atoms with Crippen LogP contribution in [0.4, 0.5) is 34.1 Å². The normalized spacial score (nSPS) is 17.6. The van der Waals surface area contributed by atoms with Crippen molar-refractivity contribution in [1.29, 1.82) is 0 Å². The predicted octanol–water partition coefficient (Wildman–Crippen LogP) is 24.9. The van der Waals surface area contributed by atoms with Gasteiger partial charge in [0, 0.05) is 50.4 Å². The third-order valence-electron chi connectivity index (χ3n) is 25.3. The zero-order valence-corrected chi connectivity index (χ0v) is 57.5. The van der Waals surface area contributed by atoms with Crippen molar-refractivity contribution in [1.82, 2.24) is 0 Å². The smallest absolute Gasteiger partial charge is 0.0726 e. The molecular weight excluding hydrogens is 1210 g/mol. The minimum absolute atomic E-state index is 0.164. The van der Waals surface area contributed by atoms with E-state index in [1.54, 1.807) is 0 Å². The quantitative estimate of drug-likeness (QED) is 0.157. The molecule has 0 N–H and O–H groups in total. The molecule has 2 nitrogen and oxygen atoms in total. The first-order chi connectivity index (χ1) is 48.7. The second-order valence-corrected chi connectivity index (χ2v) is 31.4. The highest BCUT2D eigenvalue weighted by Crippen LogP contribution is 2.66. The molecule has 1 unspecified atom stereocenters. The highest BCUT2D eigenvalue weighted by atomic mass is 15.1. The molecule has 0 saturated carbocycles. The second kappa shape index (κ2) is 20.0. The average molecular weight is 1280 g/mol. The summed E-state index contributed by atoms with van der Waals surface area (Å²) in [5.41, 5.74) is 41.2. The van der Waals surface area contributed by atoms with Gasteiger partial charge in [0.1, 0.15) is 0 Å². The molecule has 7 aliphatic rings. The Balaban J connectivity index is 0.713. The number of anilines is 6. The highest BCUT2D eigenvalue weighted by molar-refractivity contribution is 5.99. The van der Waals surface area contributed by atoms with Gasteiger partial charge in [0.2, 0.25) is 0 Å². The summed E-state index contributed by atoms with van der Waals surface area (Å²) < 4.78 is 0. The van der Waals surface area contributed by atoms with Gasteiger partial charge in [-0.15, -0.1) is 0 Å². The maximum Gasteiger partial charge on any atom is 0.0726 e. The van der Waals surface area contributed by atoms with E-state index in [0.29, 0.717) is 0 Å². The van der Waals surface area contributed by atoms with Gasteiger partial charge in [-0.05, 0) is 235 Å². The van der Waals surface area contributed by atoms with Crippen molar-refractivity contribution in [3.8, 4) is 66.8 Å². The SMILES string of the molecule is CC1(C)CC(C)(c2ccc(N(c3ccc4c(c3)C(C)(C)c3ccccc3-4)c3ccc4c(c3)C3(c5ccccc5-c5ccccc53)c3ccccc3-4)cc2)c2ccc(N(c3ccc4c(c3)C(C)(C)c3ccccc3-4)c3ccc4c(c3)C3(c5ccccc5-c5ccccc53)c3ccccc3-4)cc21. The monoisotopic (exact) mass is 1280 g/mol. The molecule has 14 aromatic rings. The van der Waals surface area contributed by atoms with Crippen LogP contribution in [0.5, 0.6) is 0 Å². The molecule has 476 valence electrons. The van der Waals surface area contributed by atoms with Crippen LogP contribution in [0.25, 0.3) is 66.8 Å². The standard InChI is InChI=1S/C98H74N2/c1-93(2)59-96(7,60-40-42-61(43-41-60)99(62-44-49-75-67-24-8-16-32-79(67)94(3,4)88(75)54-62)64-46-51-77-73-30-14-22-38-85(73)97(90(77)56-64)81-34-18-10-26-69(81)70-27-11-19-35-82(70)97)87-53-48-66(58-92(87)93)100(63-45-50-76-68-25-9-17-33-80(68)95(5,6)89(76)55-63)65-47-52-78-74-31-15-23-39-86(74)98(91(78)57-65)83-36-20-12-28-71(83)72-29-13-21-37-84(72)98/h8-58H,59H2,1-7H3. The maximum atomic E-state index is 2.58. The second-order valence-electron chi connectivity index (χ2n) is 31.4. The molecule has 21 rings (SSSR count). The lowest BCUT2D eigenvalue weighted by Gasteiger charge is -2.33. The van der Waals surface area contributed by atoms with Crippen molar-refractivity contribution in [2.24, 2.45) is 0 Å². The van der Waals surface area contributed by atoms with Crippen LogP contribution in [0.1, 0.15) is 138 Å². The molecule has 2 spiro atoms. The van der Waals surface area contributed by atoms with Crippen LogP contribution in [-0.2, 0) is 32.5 Å². The van der Waals surface area contributed by atoms with Gasteiger partial charge in [-0.1, -0.05) is 285 Å². The molecule has 100 heavy (non-hydrogen) atoms. The van der Waals surface area contributed by atoms with Crippen LogP contribution < -0.4 is 9.80 Å². The van der Waals surface area contributed by atoms with Crippen LogP contribution in [0.2, 0.25) is 0 Å². The van der Waals surface area contributed by atoms with E-state index in [-0.39, 0.29) is 21.7 Å². The molecule has 0 radical (unpaired) electrons. The van der Waals surface area contributed by atoms with Gasteiger partial charge in [0.15, 0.2) is 0 Å². The van der Waals surface area contributed by atoms with Gasteiger partial charge in [-0.25, -0.2) is 0 Å². The zero-order chi connectivity index (χ0) is 67.0. The minimum Gasteiger partial charge on any atom is -0.310 e. The molecule has 0 bridgehead atoms. The van der Waals surface area contributed by atoms with E-state index in [1.165, 1.54) is 150 Å². The molecule has 14 aromatic carbocycles. The van der Waals surface area contributed by atoms with Gasteiger partial charge in [0.25, 0.3) is 0 Å². The molecular formula is C98H74N2. The topological polar surface area (TPSA) is 6.48 Å². The Morgan fingerprint density at radius 1 is 0.200 bits per heavy atom. The van der Waals surface area contributed by atoms with E-state index in [1.807, 2.05) is 0 Å². The Hall–Kier alpha value is -11.3. The van der Waals surface area contributed by atoms with E-state index in [9.17, 15) is 0 Å². The van der Waals surface area contributed by atoms with E-state index < -0.39 is 10.8 Å². The first kappa shape index (κ1) is 57.7. The van der Waals surface area contributed by atoms with Crippen molar-refractivity contribution < 1.29 is 0 Å². The summed E-state index contributed by atoms with van der Waals surface area (Å²) in [5.74, 6) is 0. The molecule has 0 aliphatic heterocycles. The van der Waals surface area contributed by atoms with Crippen LogP contribution in [0.15, 0.2) is 309 Å². The third kappa shape index (κ3) is 7.28. The summed E-state index contributed by atoms with van der Waals surface area (Å²) in [6, 6.07) is 120. The molecule has 7 aliphatic carbocycles. The molecule has 0 saturated heterocycles. The fourth-order valence-electron chi connectivity index (χ4n) is 21.0. The summed E-state index contributed by atoms with van der Waals surface area (Å²) in [7, 11) is 0. The van der Waals surface area contributed by atoms with E-state index in [0.717, 1.165) is 40.5 Å². The van der Waals surface area contributed by atoms with Gasteiger partial charge in [0.05, 0.1) is 10.8 Å². The number of nitrogens with zero attached hydrogens (tertiary/aromatic N) is 2. The summed E-state index contributed by atoms with van der Waals surface area (Å²) >= 11 is 0. The lowest BCUT2D eigenvalue weighted by molar-refractivity contribution is 0.425. The molecule has 0 aromatic heterocycles. The molecule has 2 heteroatoms. The Labute approximate surface area is 587 Å². The number of hydrogen-bond acceptors (Lipinski definition) is 2. The largest absolute Gasteiger partial charge is 0.310 e. The van der Waals surface area contributed by atoms with Crippen LogP contribution in [0, 0.1) is 0 Å². The third-order valence-corrected chi connectivity index (χ3v) is 25.3. The van der Waals surface area contributed by atoms with Gasteiger partial charge >= 0.3 is 0 Å². The van der Waals surface area contributed by atoms with Crippen molar-refractivity contribution in [2.75, 3.05) is 9.80 Å². The van der Waals surface area contributed by atoms with Gasteiger partial charge < -0.3 is 9.80 Å². The lowest BCUT2D eigenvalue weighted by atomic mass is 9.70. The van der Waals surface area contributed by atoms with Gasteiger partial charge in [-0.3, -0.25) is 0 Å². The van der Waals surface area contributed by atoms with Crippen molar-refractivity contribution in [3.63, 3.8) is 0 Å². The van der Waals surface area contributed by atoms with Crippen LogP contribution in [0.3, 0.4) is 0 Å². The lowest BCUT2D eigenvalue weighted by Crippen LogP contribution is -2.26. The Morgan fingerprint density at radius 2 is 0.440 bits per heavy atom. The summed E-state index contributed by atoms with van der Waals surface area (Å²) in [5, 5.41) is 0. The van der Waals surface area contributed by atoms with Crippen molar-refractivity contribution in [2.45, 2.75) is 87.4 Å². The highest BCUT2D eigenvalue weighted by Gasteiger charge is 2.54. The predicted molar refractivity (Wildman–Crippen MR) is 414 cm³/mol. The summed E-state index contributed by atoms with van der Waals surface area (Å²) in [6.07, 6.45) is 0.961. The number of hydrogen-bond donors (Lipinski definition) is 0. The molecule has 0 fully saturated rings. The molecule has 1 atom stereocenters. The van der Waals surface area contributed by atoms with Crippen LogP contribution >= 0.6 is 0 Å². The zero-order valence-electron chi connectivity index (χ0n) is 57.5. The van der Waals surface area contributed by atoms with Gasteiger partial charge in [-0.2, -0.15) is 0 Å². The maximum absolute atomic E-state index is 2.58. The van der Waals surface area contributed by atoms with E-state index in [4.69, 9.17) is 0 Å². The Kier molecular flexibility index (Phi) is 11.5. The number of fused-ring (bicyclic) bond motifs is 27. The van der Waals surface area contributed by atoms with E-state index >= 15 is 0 Å². The molecule has 0 amide bonds. The Morgan fingerprint density at radius 3 is 0.780 bits per heavy atom. The number of rotatable bonds is 7. The van der Waals surface area contributed by atoms with Crippen LogP contribution in [-0.4, -0.2) is 0 Å². The molecule has 0 heterocycles. The van der Waals surface area contributed by atoms with Crippen molar-refractivity contribution in [3.05, 3.63) is 393 Å². The first-order valence-corrected chi connectivity index (χ1v) is 35.9. The number of benzene rings is 14. The fourth-order valence-corrected chi connectivity index (χ4v) is 21.0.